The minimum Gasteiger partial charge on any atom is -0.264 e. The van der Waals surface area contributed by atoms with Gasteiger partial charge < -0.3 is 0 Å². The van der Waals surface area contributed by atoms with Crippen LogP contribution < -0.4 is 0 Å². The fourth-order valence-electron chi connectivity index (χ4n) is 8.50. The summed E-state index contributed by atoms with van der Waals surface area (Å²) in [6.45, 7) is 2.16. The first-order chi connectivity index (χ1) is 30.6. The molecule has 11 rings (SSSR count). The van der Waals surface area contributed by atoms with Gasteiger partial charge in [0.2, 0.25) is 0 Å². The van der Waals surface area contributed by atoms with E-state index >= 15 is 0 Å². The van der Waals surface area contributed by atoms with Crippen molar-refractivity contribution in [3.05, 3.63) is 212 Å². The van der Waals surface area contributed by atoms with E-state index in [1.54, 1.807) is 0 Å². The maximum Gasteiger partial charge on any atom is 0.160 e. The molecule has 7 aromatic carbocycles. The first kappa shape index (κ1) is 36.9. The average molecular weight is 794 g/mol. The second-order valence-electron chi connectivity index (χ2n) is 15.6. The number of nitrogens with zero attached hydrogens (tertiary/aromatic N) is 5. The molecular weight excluding hydrogens is 755 g/mol. The van der Waals surface area contributed by atoms with E-state index in [9.17, 15) is 0 Å². The topological polar surface area (TPSA) is 64.5 Å². The third-order valence-electron chi connectivity index (χ3n) is 11.7. The highest BCUT2D eigenvalue weighted by Gasteiger charge is 2.16. The number of benzene rings is 7. The van der Waals surface area contributed by atoms with Gasteiger partial charge in [-0.25, -0.2) is 15.0 Å². The van der Waals surface area contributed by atoms with E-state index in [2.05, 4.69) is 194 Å². The molecule has 0 unspecified atom stereocenters. The lowest BCUT2D eigenvalue weighted by Gasteiger charge is -2.13. The maximum absolute atomic E-state index is 5.24. The van der Waals surface area contributed by atoms with Crippen LogP contribution in [-0.4, -0.2) is 24.9 Å². The van der Waals surface area contributed by atoms with Crippen LogP contribution in [-0.2, 0) is 6.42 Å². The second-order valence-corrected chi connectivity index (χ2v) is 15.6. The number of fused-ring (bicyclic) bond motifs is 4. The van der Waals surface area contributed by atoms with Crippen LogP contribution in [0.4, 0.5) is 0 Å². The fraction of sp³-hybridized carbons (Fsp3) is 0.0351. The predicted molar refractivity (Wildman–Crippen MR) is 255 cm³/mol. The number of aromatic nitrogens is 5. The van der Waals surface area contributed by atoms with Crippen molar-refractivity contribution in [1.29, 1.82) is 0 Å². The molecule has 5 nitrogen and oxygen atoms in total. The molecule has 0 saturated carbocycles. The van der Waals surface area contributed by atoms with Gasteiger partial charge in [0.25, 0.3) is 0 Å². The summed E-state index contributed by atoms with van der Waals surface area (Å²) in [5.74, 6) is 0.674. The second kappa shape index (κ2) is 15.8. The molecular formula is C57H39N5. The van der Waals surface area contributed by atoms with Crippen LogP contribution in [0.2, 0.25) is 0 Å². The Morgan fingerprint density at radius 2 is 1.00 bits per heavy atom. The third-order valence-corrected chi connectivity index (χ3v) is 11.7. The minimum absolute atomic E-state index is 0.674. The molecule has 0 saturated heterocycles. The lowest BCUT2D eigenvalue weighted by Crippen LogP contribution is -1.96. The number of rotatable bonds is 8. The van der Waals surface area contributed by atoms with Crippen molar-refractivity contribution in [2.24, 2.45) is 0 Å². The predicted octanol–water partition coefficient (Wildman–Crippen LogP) is 14.4. The summed E-state index contributed by atoms with van der Waals surface area (Å²) in [7, 11) is 0. The maximum atomic E-state index is 5.24. The van der Waals surface area contributed by atoms with Gasteiger partial charge >= 0.3 is 0 Å². The lowest BCUT2D eigenvalue weighted by atomic mass is 9.95. The van der Waals surface area contributed by atoms with Crippen LogP contribution >= 0.6 is 0 Å². The largest absolute Gasteiger partial charge is 0.264 e. The molecule has 292 valence electrons. The average Bonchev–Trinajstić information content (AvgIpc) is 3.36. The van der Waals surface area contributed by atoms with Gasteiger partial charge in [0, 0.05) is 56.5 Å². The van der Waals surface area contributed by atoms with E-state index in [0.717, 1.165) is 112 Å². The highest BCUT2D eigenvalue weighted by atomic mass is 14.9. The number of pyridine rings is 3. The van der Waals surface area contributed by atoms with Gasteiger partial charge in [0.15, 0.2) is 5.82 Å². The molecule has 5 heteroatoms. The van der Waals surface area contributed by atoms with Crippen LogP contribution in [0, 0.1) is 0 Å². The summed E-state index contributed by atoms with van der Waals surface area (Å²) in [5.41, 5.74) is 16.5. The Bertz CT molecular complexity index is 3430. The Balaban J connectivity index is 0.965. The third kappa shape index (κ3) is 6.95. The van der Waals surface area contributed by atoms with Crippen LogP contribution in [0.1, 0.15) is 12.6 Å². The molecule has 0 spiro atoms. The van der Waals surface area contributed by atoms with Crippen molar-refractivity contribution in [2.45, 2.75) is 13.3 Å². The van der Waals surface area contributed by atoms with Crippen molar-refractivity contribution in [3.8, 4) is 78.5 Å². The Hall–Kier alpha value is -8.15. The van der Waals surface area contributed by atoms with Crippen LogP contribution in [0.15, 0.2) is 207 Å². The van der Waals surface area contributed by atoms with Crippen molar-refractivity contribution >= 4 is 32.6 Å². The van der Waals surface area contributed by atoms with Crippen molar-refractivity contribution in [1.82, 2.24) is 24.9 Å². The van der Waals surface area contributed by atoms with Gasteiger partial charge in [-0.3, -0.25) is 9.97 Å². The Morgan fingerprint density at radius 1 is 0.355 bits per heavy atom. The lowest BCUT2D eigenvalue weighted by molar-refractivity contribution is 1.06. The first-order valence-electron chi connectivity index (χ1n) is 21.0. The highest BCUT2D eigenvalue weighted by molar-refractivity contribution is 6.09. The highest BCUT2D eigenvalue weighted by Crippen LogP contribution is 2.37. The summed E-state index contributed by atoms with van der Waals surface area (Å²) in [5, 5.41) is 4.45. The quantitative estimate of drug-likeness (QED) is 0.143. The molecule has 0 aliphatic heterocycles. The van der Waals surface area contributed by atoms with E-state index in [1.165, 1.54) is 5.39 Å². The molecule has 0 amide bonds. The summed E-state index contributed by atoms with van der Waals surface area (Å²) >= 11 is 0. The van der Waals surface area contributed by atoms with E-state index in [4.69, 9.17) is 19.9 Å². The van der Waals surface area contributed by atoms with Gasteiger partial charge in [0.1, 0.15) is 0 Å². The molecule has 4 heterocycles. The minimum atomic E-state index is 0.674. The van der Waals surface area contributed by atoms with Crippen molar-refractivity contribution in [2.75, 3.05) is 0 Å². The molecule has 0 bridgehead atoms. The SMILES string of the molecule is CCc1cc(-c2ccc(-c3cccc(-c4nc(-c5ccccc5)cc(-c5cccc(-c6cccc7cnccc67)c5)n4)c3)cc2)c2ccc3ccc(-c4ccccc4)nc3c2n1. The Labute approximate surface area is 360 Å². The van der Waals surface area contributed by atoms with Gasteiger partial charge in [0.05, 0.1) is 28.1 Å². The molecule has 0 aliphatic carbocycles. The van der Waals surface area contributed by atoms with Crippen LogP contribution in [0.25, 0.3) is 111 Å². The molecule has 0 aliphatic rings. The zero-order chi connectivity index (χ0) is 41.4. The molecule has 0 N–H and O–H groups in total. The molecule has 4 aromatic heterocycles. The van der Waals surface area contributed by atoms with Gasteiger partial charge in [-0.2, -0.15) is 0 Å². The first-order valence-corrected chi connectivity index (χ1v) is 21.0. The summed E-state index contributed by atoms with van der Waals surface area (Å²) in [6.07, 6.45) is 4.59. The monoisotopic (exact) mass is 793 g/mol. The smallest absolute Gasteiger partial charge is 0.160 e. The summed E-state index contributed by atoms with van der Waals surface area (Å²) in [4.78, 5) is 25.1. The summed E-state index contributed by atoms with van der Waals surface area (Å²) < 4.78 is 0. The molecule has 0 atom stereocenters. The van der Waals surface area contributed by atoms with Gasteiger partial charge in [-0.05, 0) is 81.6 Å². The van der Waals surface area contributed by atoms with E-state index in [-0.39, 0.29) is 0 Å². The van der Waals surface area contributed by atoms with Crippen molar-refractivity contribution < 1.29 is 0 Å². The summed E-state index contributed by atoms with van der Waals surface area (Å²) in [6, 6.07) is 68.1. The zero-order valence-electron chi connectivity index (χ0n) is 34.1. The van der Waals surface area contributed by atoms with E-state index in [1.807, 2.05) is 24.5 Å². The van der Waals surface area contributed by atoms with E-state index < -0.39 is 0 Å². The molecule has 62 heavy (non-hydrogen) atoms. The number of hydrogen-bond donors (Lipinski definition) is 0. The molecule has 0 radical (unpaired) electrons. The van der Waals surface area contributed by atoms with Crippen LogP contribution in [0.3, 0.4) is 0 Å². The normalized spacial score (nSPS) is 11.4. The van der Waals surface area contributed by atoms with Crippen LogP contribution in [0.5, 0.6) is 0 Å². The number of hydrogen-bond acceptors (Lipinski definition) is 5. The Morgan fingerprint density at radius 3 is 1.79 bits per heavy atom. The number of aryl methyl sites for hydroxylation is 1. The van der Waals surface area contributed by atoms with Crippen molar-refractivity contribution in [3.63, 3.8) is 0 Å². The van der Waals surface area contributed by atoms with E-state index in [0.29, 0.717) is 5.82 Å². The molecule has 11 aromatic rings. The zero-order valence-corrected chi connectivity index (χ0v) is 34.1. The van der Waals surface area contributed by atoms with Gasteiger partial charge in [-0.15, -0.1) is 0 Å². The standard InChI is InChI=1S/C57H39N5/c1-2-47-34-51(50-28-26-41-27-29-52(39-12-5-3-6-13-39)60-55(41)56(50)59-47)38-24-22-37(23-25-38)42-16-9-19-45(32-42)57-61-53(40-14-7-4-8-15-40)35-54(62-57)44-18-10-17-43(33-44)48-21-11-20-46-36-58-31-30-49(46)48/h3-36H,2H2,1H3. The fourth-order valence-corrected chi connectivity index (χ4v) is 8.50. The van der Waals surface area contributed by atoms with Gasteiger partial charge in [-0.1, -0.05) is 165 Å². The molecule has 0 fully saturated rings. The Kier molecular flexibility index (Phi) is 9.40.